The Morgan fingerprint density at radius 2 is 2.10 bits per heavy atom. The van der Waals surface area contributed by atoms with Gasteiger partial charge < -0.3 is 4.57 Å². The van der Waals surface area contributed by atoms with Gasteiger partial charge in [-0.25, -0.2) is 10.4 Å². The molecule has 3 rings (SSSR count). The van der Waals surface area contributed by atoms with Crippen LogP contribution in [0.2, 0.25) is 0 Å². The van der Waals surface area contributed by atoms with Gasteiger partial charge in [0, 0.05) is 18.9 Å². The van der Waals surface area contributed by atoms with Crippen molar-refractivity contribution >= 4 is 0 Å². The van der Waals surface area contributed by atoms with Crippen molar-refractivity contribution in [1.29, 1.82) is 0 Å². The van der Waals surface area contributed by atoms with E-state index in [1.807, 2.05) is 41.1 Å². The molecule has 0 bridgehead atoms. The van der Waals surface area contributed by atoms with Gasteiger partial charge in [-0.05, 0) is 19.1 Å². The maximum absolute atomic E-state index is 5.69. The molecule has 0 saturated carbocycles. The van der Waals surface area contributed by atoms with Gasteiger partial charge in [-0.3, -0.25) is 5.84 Å². The first-order chi connectivity index (χ1) is 10.3. The largest absolute Gasteiger partial charge is 0.334 e. The topological polar surface area (TPSA) is 86.6 Å². The third-order valence-electron chi connectivity index (χ3n) is 3.31. The zero-order valence-electron chi connectivity index (χ0n) is 11.7. The molecule has 0 fully saturated rings. The van der Waals surface area contributed by atoms with Crippen molar-refractivity contribution in [2.24, 2.45) is 5.84 Å². The fourth-order valence-corrected chi connectivity index (χ4v) is 2.23. The highest BCUT2D eigenvalue weighted by atomic mass is 15.5. The average Bonchev–Trinajstić information content (AvgIpc) is 3.19. The second kappa shape index (κ2) is 5.86. The Morgan fingerprint density at radius 1 is 1.29 bits per heavy atom. The zero-order chi connectivity index (χ0) is 14.7. The lowest BCUT2D eigenvalue weighted by atomic mass is 10.2. The summed E-state index contributed by atoms with van der Waals surface area (Å²) in [4.78, 5) is 5.94. The molecule has 0 aliphatic heterocycles. The van der Waals surface area contributed by atoms with E-state index in [2.05, 4.69) is 27.5 Å². The number of para-hydroxylation sites is 1. The maximum Gasteiger partial charge on any atom is 0.133 e. The summed E-state index contributed by atoms with van der Waals surface area (Å²) in [5.74, 6) is 6.51. The lowest BCUT2D eigenvalue weighted by molar-refractivity contribution is 0.545. The number of hydrogen-bond donors (Lipinski definition) is 2. The molecule has 2 heterocycles. The van der Waals surface area contributed by atoms with Crippen molar-refractivity contribution in [3.05, 3.63) is 60.4 Å². The minimum absolute atomic E-state index is 0.294. The normalized spacial score (nSPS) is 12.5. The zero-order valence-corrected chi connectivity index (χ0v) is 11.7. The summed E-state index contributed by atoms with van der Waals surface area (Å²) >= 11 is 0. The quantitative estimate of drug-likeness (QED) is 0.539. The average molecular weight is 283 g/mol. The van der Waals surface area contributed by atoms with Crippen LogP contribution in [0.1, 0.15) is 24.5 Å². The lowest BCUT2D eigenvalue weighted by Gasteiger charge is -2.14. The number of nitrogens with zero attached hydrogens (tertiary/aromatic N) is 5. The van der Waals surface area contributed by atoms with E-state index in [4.69, 9.17) is 5.84 Å². The molecule has 1 unspecified atom stereocenters. The summed E-state index contributed by atoms with van der Waals surface area (Å²) < 4.78 is 2.02. The molecule has 2 aromatic heterocycles. The molecule has 21 heavy (non-hydrogen) atoms. The van der Waals surface area contributed by atoms with Crippen LogP contribution in [0, 0.1) is 0 Å². The smallest absolute Gasteiger partial charge is 0.133 e. The van der Waals surface area contributed by atoms with Crippen LogP contribution in [0.25, 0.3) is 5.69 Å². The van der Waals surface area contributed by atoms with Crippen molar-refractivity contribution in [1.82, 2.24) is 30.0 Å². The minimum atomic E-state index is -0.294. The molecular formula is C14H17N7. The maximum atomic E-state index is 5.69. The molecule has 1 aromatic carbocycles. The molecular weight excluding hydrogens is 266 g/mol. The summed E-state index contributed by atoms with van der Waals surface area (Å²) in [6, 6.07) is 9.44. The number of hydrazine groups is 1. The van der Waals surface area contributed by atoms with Crippen LogP contribution in [0.15, 0.2) is 48.9 Å². The molecule has 7 nitrogen and oxygen atoms in total. The predicted octanol–water partition coefficient (Wildman–Crippen LogP) is 1.04. The van der Waals surface area contributed by atoms with Crippen molar-refractivity contribution in [3.63, 3.8) is 0 Å². The van der Waals surface area contributed by atoms with Crippen LogP contribution in [-0.2, 0) is 6.54 Å². The number of imidazole rings is 1. The Labute approximate surface area is 122 Å². The molecule has 108 valence electrons. The standard InChI is InChI=1S/C14H17N7/c1-2-20-9-8-16-14(20)13(18-15)12-10-17-21(19-12)11-6-4-3-5-7-11/h3-10,13,18H,2,15H2,1H3. The number of nitrogens with one attached hydrogen (secondary N) is 1. The Morgan fingerprint density at radius 3 is 2.81 bits per heavy atom. The second-order valence-electron chi connectivity index (χ2n) is 4.57. The SMILES string of the molecule is CCn1ccnc1C(NN)c1cnn(-c2ccccc2)n1. The van der Waals surface area contributed by atoms with Crippen molar-refractivity contribution < 1.29 is 0 Å². The van der Waals surface area contributed by atoms with Gasteiger partial charge in [-0.2, -0.15) is 15.0 Å². The molecule has 0 amide bonds. The van der Waals surface area contributed by atoms with Gasteiger partial charge in [0.15, 0.2) is 0 Å². The van der Waals surface area contributed by atoms with Gasteiger partial charge in [0.05, 0.1) is 11.9 Å². The highest BCUT2D eigenvalue weighted by Gasteiger charge is 2.20. The van der Waals surface area contributed by atoms with Crippen LogP contribution < -0.4 is 11.3 Å². The van der Waals surface area contributed by atoms with E-state index in [0.29, 0.717) is 0 Å². The Kier molecular flexibility index (Phi) is 3.76. The first-order valence-electron chi connectivity index (χ1n) is 6.78. The molecule has 7 heteroatoms. The minimum Gasteiger partial charge on any atom is -0.334 e. The van der Waals surface area contributed by atoms with Gasteiger partial charge in [0.2, 0.25) is 0 Å². The van der Waals surface area contributed by atoms with E-state index >= 15 is 0 Å². The third kappa shape index (κ3) is 2.56. The molecule has 0 saturated heterocycles. The van der Waals surface area contributed by atoms with Crippen molar-refractivity contribution in [3.8, 4) is 5.69 Å². The summed E-state index contributed by atoms with van der Waals surface area (Å²) in [6.07, 6.45) is 5.37. The van der Waals surface area contributed by atoms with E-state index in [-0.39, 0.29) is 6.04 Å². The number of rotatable bonds is 5. The molecule has 0 aliphatic rings. The molecule has 3 aromatic rings. The van der Waals surface area contributed by atoms with E-state index in [1.54, 1.807) is 17.2 Å². The van der Waals surface area contributed by atoms with Gasteiger partial charge in [0.1, 0.15) is 17.6 Å². The predicted molar refractivity (Wildman–Crippen MR) is 78.4 cm³/mol. The van der Waals surface area contributed by atoms with Gasteiger partial charge in [-0.15, -0.1) is 0 Å². The van der Waals surface area contributed by atoms with Crippen LogP contribution in [0.3, 0.4) is 0 Å². The molecule has 1 atom stereocenters. The monoisotopic (exact) mass is 283 g/mol. The molecule has 0 spiro atoms. The molecule has 3 N–H and O–H groups in total. The van der Waals surface area contributed by atoms with Crippen molar-refractivity contribution in [2.75, 3.05) is 0 Å². The van der Waals surface area contributed by atoms with E-state index in [1.165, 1.54) is 0 Å². The summed E-state index contributed by atoms with van der Waals surface area (Å²) in [7, 11) is 0. The highest BCUT2D eigenvalue weighted by Crippen LogP contribution is 2.18. The first-order valence-corrected chi connectivity index (χ1v) is 6.78. The summed E-state index contributed by atoms with van der Waals surface area (Å²) in [6.45, 7) is 2.87. The summed E-state index contributed by atoms with van der Waals surface area (Å²) in [5, 5.41) is 8.79. The van der Waals surface area contributed by atoms with E-state index in [0.717, 1.165) is 23.8 Å². The van der Waals surface area contributed by atoms with Crippen LogP contribution >= 0.6 is 0 Å². The molecule has 0 radical (unpaired) electrons. The highest BCUT2D eigenvalue weighted by molar-refractivity contribution is 5.29. The number of nitrogens with two attached hydrogens (primary N) is 1. The third-order valence-corrected chi connectivity index (χ3v) is 3.31. The van der Waals surface area contributed by atoms with Crippen LogP contribution in [0.5, 0.6) is 0 Å². The Hall–Kier alpha value is -2.51. The second-order valence-corrected chi connectivity index (χ2v) is 4.57. The fraction of sp³-hybridized carbons (Fsp3) is 0.214. The number of aromatic nitrogens is 5. The van der Waals surface area contributed by atoms with Crippen LogP contribution in [0.4, 0.5) is 0 Å². The fourth-order valence-electron chi connectivity index (χ4n) is 2.23. The number of hydrogen-bond acceptors (Lipinski definition) is 5. The van der Waals surface area contributed by atoms with Gasteiger partial charge in [-0.1, -0.05) is 18.2 Å². The van der Waals surface area contributed by atoms with Gasteiger partial charge in [0.25, 0.3) is 0 Å². The van der Waals surface area contributed by atoms with Crippen LogP contribution in [-0.4, -0.2) is 24.5 Å². The van der Waals surface area contributed by atoms with Gasteiger partial charge >= 0.3 is 0 Å². The summed E-state index contributed by atoms with van der Waals surface area (Å²) in [5.41, 5.74) is 4.39. The van der Waals surface area contributed by atoms with Crippen molar-refractivity contribution in [2.45, 2.75) is 19.5 Å². The van der Waals surface area contributed by atoms with E-state index < -0.39 is 0 Å². The first kappa shape index (κ1) is 13.5. The number of benzene rings is 1. The Bertz CT molecular complexity index is 701. The lowest BCUT2D eigenvalue weighted by Crippen LogP contribution is -2.31. The Balaban J connectivity index is 1.94. The van der Waals surface area contributed by atoms with E-state index in [9.17, 15) is 0 Å². The molecule has 0 aliphatic carbocycles. The number of aryl methyl sites for hydroxylation is 1.